The summed E-state index contributed by atoms with van der Waals surface area (Å²) in [6.07, 6.45) is 0. The Morgan fingerprint density at radius 1 is 1.08 bits per heavy atom. The summed E-state index contributed by atoms with van der Waals surface area (Å²) in [6, 6.07) is 11.2. The van der Waals surface area contributed by atoms with Crippen molar-refractivity contribution >= 4 is 27.5 Å². The van der Waals surface area contributed by atoms with E-state index in [0.29, 0.717) is 16.5 Å². The molecule has 7 nitrogen and oxygen atoms in total. The van der Waals surface area contributed by atoms with Crippen LogP contribution in [0.1, 0.15) is 5.56 Å². The lowest BCUT2D eigenvalue weighted by Crippen LogP contribution is -2.36. The van der Waals surface area contributed by atoms with Crippen molar-refractivity contribution in [2.45, 2.75) is 11.4 Å². The number of carbonyl (C=O) groups excluding carboxylic acids is 1. The van der Waals surface area contributed by atoms with Gasteiger partial charge in [0.05, 0.1) is 11.4 Å². The smallest absolute Gasteiger partial charge is 0.241 e. The minimum Gasteiger partial charge on any atom is -0.454 e. The van der Waals surface area contributed by atoms with E-state index >= 15 is 0 Å². The van der Waals surface area contributed by atoms with Gasteiger partial charge in [0, 0.05) is 17.6 Å². The third kappa shape index (κ3) is 4.41. The second kappa shape index (κ2) is 7.30. The van der Waals surface area contributed by atoms with Gasteiger partial charge in [0.15, 0.2) is 11.5 Å². The summed E-state index contributed by atoms with van der Waals surface area (Å²) in [5, 5.41) is 3.23. The van der Waals surface area contributed by atoms with Gasteiger partial charge in [0.2, 0.25) is 22.7 Å². The SMILES string of the molecule is O=C(CNS(=O)(=O)c1ccc2c(c1)OCO2)NCc1ccc(Cl)cc1. The van der Waals surface area contributed by atoms with Crippen LogP contribution >= 0.6 is 11.6 Å². The summed E-state index contributed by atoms with van der Waals surface area (Å²) in [5.41, 5.74) is 0.858. The van der Waals surface area contributed by atoms with Crippen molar-refractivity contribution in [3.63, 3.8) is 0 Å². The van der Waals surface area contributed by atoms with Crippen LogP contribution in [0, 0.1) is 0 Å². The fourth-order valence-electron chi connectivity index (χ4n) is 2.15. The van der Waals surface area contributed by atoms with E-state index in [-0.39, 0.29) is 24.8 Å². The maximum Gasteiger partial charge on any atom is 0.241 e. The Balaban J connectivity index is 1.54. The van der Waals surface area contributed by atoms with Crippen LogP contribution in [0.4, 0.5) is 0 Å². The molecule has 0 aromatic heterocycles. The summed E-state index contributed by atoms with van der Waals surface area (Å²) in [4.78, 5) is 11.8. The lowest BCUT2D eigenvalue weighted by atomic mass is 10.2. The van der Waals surface area contributed by atoms with E-state index in [2.05, 4.69) is 10.0 Å². The van der Waals surface area contributed by atoms with E-state index in [9.17, 15) is 13.2 Å². The fourth-order valence-corrected chi connectivity index (χ4v) is 3.28. The molecule has 1 aliphatic heterocycles. The summed E-state index contributed by atoms with van der Waals surface area (Å²) in [6.45, 7) is -0.0362. The van der Waals surface area contributed by atoms with Gasteiger partial charge < -0.3 is 14.8 Å². The average Bonchev–Trinajstić information content (AvgIpc) is 3.07. The summed E-state index contributed by atoms with van der Waals surface area (Å²) < 4.78 is 37.0. The third-order valence-corrected chi connectivity index (χ3v) is 5.13. The molecule has 0 saturated heterocycles. The van der Waals surface area contributed by atoms with Crippen molar-refractivity contribution < 1.29 is 22.7 Å². The predicted molar refractivity (Wildman–Crippen MR) is 91.1 cm³/mol. The topological polar surface area (TPSA) is 93.7 Å². The third-order valence-electron chi connectivity index (χ3n) is 3.48. The zero-order valence-electron chi connectivity index (χ0n) is 13.0. The highest BCUT2D eigenvalue weighted by Gasteiger charge is 2.20. The standard InChI is InChI=1S/C16H15ClN2O5S/c17-12-3-1-11(2-4-12)8-18-16(20)9-19-25(21,22)13-5-6-14-15(7-13)24-10-23-14/h1-7,19H,8-10H2,(H,18,20). The van der Waals surface area contributed by atoms with Crippen LogP contribution in [0.25, 0.3) is 0 Å². The molecule has 1 heterocycles. The highest BCUT2D eigenvalue weighted by Crippen LogP contribution is 2.33. The molecule has 2 aromatic carbocycles. The van der Waals surface area contributed by atoms with Crippen LogP contribution in [0.2, 0.25) is 5.02 Å². The number of amides is 1. The van der Waals surface area contributed by atoms with Crippen molar-refractivity contribution in [1.29, 1.82) is 0 Å². The Bertz CT molecular complexity index is 884. The number of carbonyl (C=O) groups is 1. The van der Waals surface area contributed by atoms with Gasteiger partial charge in [0.25, 0.3) is 0 Å². The molecule has 2 N–H and O–H groups in total. The molecule has 0 spiro atoms. The van der Waals surface area contributed by atoms with Gasteiger partial charge in [-0.3, -0.25) is 4.79 Å². The van der Waals surface area contributed by atoms with Gasteiger partial charge >= 0.3 is 0 Å². The molecule has 0 radical (unpaired) electrons. The van der Waals surface area contributed by atoms with Crippen molar-refractivity contribution in [3.05, 3.63) is 53.1 Å². The first-order valence-electron chi connectivity index (χ1n) is 7.34. The van der Waals surface area contributed by atoms with Gasteiger partial charge in [0.1, 0.15) is 0 Å². The highest BCUT2D eigenvalue weighted by atomic mass is 35.5. The second-order valence-electron chi connectivity index (χ2n) is 5.24. The minimum atomic E-state index is -3.83. The molecule has 0 unspecified atom stereocenters. The van der Waals surface area contributed by atoms with Gasteiger partial charge in [-0.05, 0) is 29.8 Å². The highest BCUT2D eigenvalue weighted by molar-refractivity contribution is 7.89. The van der Waals surface area contributed by atoms with E-state index in [1.807, 2.05) is 0 Å². The lowest BCUT2D eigenvalue weighted by Gasteiger charge is -2.08. The molecular formula is C16H15ClN2O5S. The van der Waals surface area contributed by atoms with Crippen molar-refractivity contribution in [2.24, 2.45) is 0 Å². The first kappa shape index (κ1) is 17.5. The number of halogens is 1. The van der Waals surface area contributed by atoms with Gasteiger partial charge in [-0.15, -0.1) is 0 Å². The molecule has 0 atom stereocenters. The molecule has 0 bridgehead atoms. The van der Waals surface area contributed by atoms with E-state index < -0.39 is 15.9 Å². The minimum absolute atomic E-state index is 0.00208. The Morgan fingerprint density at radius 2 is 1.80 bits per heavy atom. The van der Waals surface area contributed by atoms with Crippen molar-refractivity contribution in [3.8, 4) is 11.5 Å². The number of nitrogens with one attached hydrogen (secondary N) is 2. The summed E-state index contributed by atoms with van der Waals surface area (Å²) in [5.74, 6) is 0.397. The molecule has 1 amide bonds. The number of sulfonamides is 1. The van der Waals surface area contributed by atoms with Crippen LogP contribution in [0.5, 0.6) is 11.5 Å². The van der Waals surface area contributed by atoms with Crippen LogP contribution in [0.15, 0.2) is 47.4 Å². The first-order valence-corrected chi connectivity index (χ1v) is 9.21. The number of fused-ring (bicyclic) bond motifs is 1. The molecular weight excluding hydrogens is 368 g/mol. The predicted octanol–water partition coefficient (Wildman–Crippen LogP) is 1.66. The van der Waals surface area contributed by atoms with Gasteiger partial charge in [-0.2, -0.15) is 0 Å². The molecule has 2 aromatic rings. The Labute approximate surface area is 149 Å². The molecule has 9 heteroatoms. The summed E-state index contributed by atoms with van der Waals surface area (Å²) >= 11 is 5.79. The number of hydrogen-bond acceptors (Lipinski definition) is 5. The quantitative estimate of drug-likeness (QED) is 0.792. The maximum absolute atomic E-state index is 12.2. The second-order valence-corrected chi connectivity index (χ2v) is 7.45. The summed E-state index contributed by atoms with van der Waals surface area (Å²) in [7, 11) is -3.83. The van der Waals surface area contributed by atoms with Crippen LogP contribution < -0.4 is 19.5 Å². The van der Waals surface area contributed by atoms with Crippen LogP contribution in [0.3, 0.4) is 0 Å². The van der Waals surface area contributed by atoms with Crippen molar-refractivity contribution in [2.75, 3.05) is 13.3 Å². The van der Waals surface area contributed by atoms with Gasteiger partial charge in [-0.25, -0.2) is 13.1 Å². The molecule has 0 saturated carbocycles. The van der Waals surface area contributed by atoms with Crippen LogP contribution in [-0.4, -0.2) is 27.7 Å². The molecule has 0 fully saturated rings. The molecule has 25 heavy (non-hydrogen) atoms. The first-order chi connectivity index (χ1) is 11.9. The lowest BCUT2D eigenvalue weighted by molar-refractivity contribution is -0.120. The Kier molecular flexibility index (Phi) is 5.12. The largest absolute Gasteiger partial charge is 0.454 e. The molecule has 3 rings (SSSR count). The van der Waals surface area contributed by atoms with E-state index in [1.54, 1.807) is 24.3 Å². The maximum atomic E-state index is 12.2. The Hall–Kier alpha value is -2.29. The number of hydrogen-bond donors (Lipinski definition) is 2. The number of benzene rings is 2. The zero-order chi connectivity index (χ0) is 17.9. The van der Waals surface area contributed by atoms with E-state index in [4.69, 9.17) is 21.1 Å². The zero-order valence-corrected chi connectivity index (χ0v) is 14.6. The molecule has 1 aliphatic rings. The number of rotatable bonds is 6. The normalized spacial score (nSPS) is 12.8. The van der Waals surface area contributed by atoms with E-state index in [1.165, 1.54) is 18.2 Å². The van der Waals surface area contributed by atoms with E-state index in [0.717, 1.165) is 5.56 Å². The molecule has 132 valence electrons. The monoisotopic (exact) mass is 382 g/mol. The number of ether oxygens (including phenoxy) is 2. The average molecular weight is 383 g/mol. The molecule has 0 aliphatic carbocycles. The fraction of sp³-hybridized carbons (Fsp3) is 0.188. The van der Waals surface area contributed by atoms with Crippen LogP contribution in [-0.2, 0) is 21.4 Å². The van der Waals surface area contributed by atoms with Crippen molar-refractivity contribution in [1.82, 2.24) is 10.0 Å². The van der Waals surface area contributed by atoms with Gasteiger partial charge in [-0.1, -0.05) is 23.7 Å². The Morgan fingerprint density at radius 3 is 2.56 bits per heavy atom.